The minimum absolute atomic E-state index is 0.0252. The first-order valence-electron chi connectivity index (χ1n) is 7.70. The van der Waals surface area contributed by atoms with Crippen molar-refractivity contribution in [3.8, 4) is 0 Å². The molecule has 23 heavy (non-hydrogen) atoms. The van der Waals surface area contributed by atoms with E-state index in [9.17, 15) is 9.59 Å². The Morgan fingerprint density at radius 2 is 1.78 bits per heavy atom. The van der Waals surface area contributed by atoms with Gasteiger partial charge in [-0.05, 0) is 58.7 Å². The van der Waals surface area contributed by atoms with Crippen molar-refractivity contribution in [3.63, 3.8) is 0 Å². The number of benzene rings is 1. The number of nitrogens with zero attached hydrogens (tertiary/aromatic N) is 1. The van der Waals surface area contributed by atoms with Crippen LogP contribution in [0.3, 0.4) is 0 Å². The summed E-state index contributed by atoms with van der Waals surface area (Å²) in [6, 6.07) is 7.19. The van der Waals surface area contributed by atoms with Crippen LogP contribution in [-0.4, -0.2) is 33.8 Å². The van der Waals surface area contributed by atoms with Gasteiger partial charge < -0.3 is 16.0 Å². The Bertz CT molecular complexity index is 610. The van der Waals surface area contributed by atoms with E-state index in [4.69, 9.17) is 5.73 Å². The van der Waals surface area contributed by atoms with E-state index in [2.05, 4.69) is 21.2 Å². The summed E-state index contributed by atoms with van der Waals surface area (Å²) < 4.78 is 0.840. The molecular weight excluding hydrogens is 358 g/mol. The Hall–Kier alpha value is -1.40. The molecule has 1 aliphatic rings. The summed E-state index contributed by atoms with van der Waals surface area (Å²) in [5.41, 5.74) is 5.78. The Kier molecular flexibility index (Phi) is 4.87. The van der Waals surface area contributed by atoms with Crippen LogP contribution in [0.25, 0.3) is 0 Å². The lowest BCUT2D eigenvalue weighted by Crippen LogP contribution is -2.66. The minimum atomic E-state index is -0.625. The standard InChI is InChI=1S/C17H24BrN3O2/c1-16(2)9-12(19)10-17(3,4)21(16)15(23)14(22)20-13-7-5-6-11(18)8-13/h5-8,12H,9-10,19H2,1-4H3,(H,20,22). The highest BCUT2D eigenvalue weighted by Gasteiger charge is 2.48. The molecule has 1 fully saturated rings. The molecule has 6 heteroatoms. The lowest BCUT2D eigenvalue weighted by atomic mass is 9.77. The van der Waals surface area contributed by atoms with Gasteiger partial charge >= 0.3 is 11.8 Å². The molecule has 1 saturated heterocycles. The maximum Gasteiger partial charge on any atom is 0.313 e. The number of halogens is 1. The summed E-state index contributed by atoms with van der Waals surface area (Å²) in [4.78, 5) is 26.9. The molecule has 3 N–H and O–H groups in total. The van der Waals surface area contributed by atoms with Gasteiger partial charge in [0.1, 0.15) is 0 Å². The summed E-state index contributed by atoms with van der Waals surface area (Å²) in [7, 11) is 0. The average Bonchev–Trinajstić information content (AvgIpc) is 2.34. The molecule has 2 amide bonds. The van der Waals surface area contributed by atoms with E-state index in [0.29, 0.717) is 18.5 Å². The fraction of sp³-hybridized carbons (Fsp3) is 0.529. The number of hydrogen-bond donors (Lipinski definition) is 2. The predicted molar refractivity (Wildman–Crippen MR) is 95.0 cm³/mol. The lowest BCUT2D eigenvalue weighted by molar-refractivity contribution is -0.156. The fourth-order valence-electron chi connectivity index (χ4n) is 3.76. The van der Waals surface area contributed by atoms with Gasteiger partial charge in [0.15, 0.2) is 0 Å². The second-order valence-corrected chi connectivity index (χ2v) is 8.31. The molecule has 0 saturated carbocycles. The van der Waals surface area contributed by atoms with E-state index in [1.54, 1.807) is 23.1 Å². The van der Waals surface area contributed by atoms with Gasteiger partial charge in [0.25, 0.3) is 0 Å². The molecule has 0 aromatic heterocycles. The summed E-state index contributed by atoms with van der Waals surface area (Å²) in [6.45, 7) is 7.83. The van der Waals surface area contributed by atoms with Crippen molar-refractivity contribution >= 4 is 33.4 Å². The van der Waals surface area contributed by atoms with Gasteiger partial charge in [0.05, 0.1) is 0 Å². The first-order chi connectivity index (χ1) is 10.5. The van der Waals surface area contributed by atoms with Crippen molar-refractivity contribution in [2.24, 2.45) is 5.73 Å². The Balaban J connectivity index is 2.22. The molecule has 0 aliphatic carbocycles. The van der Waals surface area contributed by atoms with Gasteiger partial charge in [-0.15, -0.1) is 0 Å². The highest BCUT2D eigenvalue weighted by Crippen LogP contribution is 2.37. The van der Waals surface area contributed by atoms with Crippen molar-refractivity contribution in [1.29, 1.82) is 0 Å². The van der Waals surface area contributed by atoms with Crippen LogP contribution in [0.5, 0.6) is 0 Å². The molecule has 1 heterocycles. The molecule has 0 radical (unpaired) electrons. The average molecular weight is 382 g/mol. The number of amides is 2. The van der Waals surface area contributed by atoms with Crippen molar-refractivity contribution in [2.45, 2.75) is 57.7 Å². The molecular formula is C17H24BrN3O2. The molecule has 0 unspecified atom stereocenters. The minimum Gasteiger partial charge on any atom is -0.328 e. The second-order valence-electron chi connectivity index (χ2n) is 7.40. The van der Waals surface area contributed by atoms with Gasteiger partial charge in [0.2, 0.25) is 0 Å². The normalized spacial score (nSPS) is 20.2. The lowest BCUT2D eigenvalue weighted by Gasteiger charge is -2.54. The molecule has 0 atom stereocenters. The Morgan fingerprint density at radius 3 is 2.30 bits per heavy atom. The van der Waals surface area contributed by atoms with E-state index >= 15 is 0 Å². The monoisotopic (exact) mass is 381 g/mol. The zero-order valence-corrected chi connectivity index (χ0v) is 15.6. The number of nitrogens with one attached hydrogen (secondary N) is 1. The first kappa shape index (κ1) is 17.9. The summed E-state index contributed by atoms with van der Waals surface area (Å²) in [5, 5.41) is 2.68. The number of carbonyl (C=O) groups excluding carboxylic acids is 2. The van der Waals surface area contributed by atoms with Gasteiger partial charge in [-0.2, -0.15) is 0 Å². The van der Waals surface area contributed by atoms with Crippen LogP contribution >= 0.6 is 15.9 Å². The third kappa shape index (κ3) is 3.93. The van der Waals surface area contributed by atoms with Crippen molar-refractivity contribution in [2.75, 3.05) is 5.32 Å². The summed E-state index contributed by atoms with van der Waals surface area (Å²) >= 11 is 3.35. The zero-order valence-electron chi connectivity index (χ0n) is 14.0. The van der Waals surface area contributed by atoms with E-state index in [-0.39, 0.29) is 6.04 Å². The molecule has 5 nitrogen and oxygen atoms in total. The molecule has 0 spiro atoms. The van der Waals surface area contributed by atoms with E-state index < -0.39 is 22.9 Å². The largest absolute Gasteiger partial charge is 0.328 e. The van der Waals surface area contributed by atoms with E-state index in [0.717, 1.165) is 4.47 Å². The van der Waals surface area contributed by atoms with Crippen molar-refractivity contribution < 1.29 is 9.59 Å². The van der Waals surface area contributed by atoms with Crippen LogP contribution < -0.4 is 11.1 Å². The number of nitrogens with two attached hydrogens (primary N) is 1. The zero-order chi connectivity index (χ0) is 17.4. The van der Waals surface area contributed by atoms with Gasteiger partial charge in [0, 0.05) is 27.3 Å². The Labute approximate surface area is 145 Å². The molecule has 2 rings (SSSR count). The van der Waals surface area contributed by atoms with Crippen LogP contribution in [0, 0.1) is 0 Å². The summed E-state index contributed by atoms with van der Waals surface area (Å²) in [5.74, 6) is -1.15. The van der Waals surface area contributed by atoms with Gasteiger partial charge in [-0.25, -0.2) is 0 Å². The number of anilines is 1. The maximum absolute atomic E-state index is 12.8. The van der Waals surface area contributed by atoms with E-state index in [1.807, 2.05) is 33.8 Å². The molecule has 126 valence electrons. The molecule has 1 aromatic rings. The number of piperidine rings is 1. The van der Waals surface area contributed by atoms with Gasteiger partial charge in [-0.3, -0.25) is 9.59 Å². The molecule has 1 aromatic carbocycles. The number of likely N-dealkylation sites (tertiary alicyclic amines) is 1. The van der Waals surface area contributed by atoms with Crippen LogP contribution in [-0.2, 0) is 9.59 Å². The quantitative estimate of drug-likeness (QED) is 0.734. The predicted octanol–water partition coefficient (Wildman–Crippen LogP) is 2.89. The third-order valence-corrected chi connectivity index (χ3v) is 4.71. The number of hydrogen-bond acceptors (Lipinski definition) is 3. The second kappa shape index (κ2) is 6.24. The van der Waals surface area contributed by atoms with Crippen molar-refractivity contribution in [3.05, 3.63) is 28.7 Å². The highest BCUT2D eigenvalue weighted by molar-refractivity contribution is 9.10. The first-order valence-corrected chi connectivity index (χ1v) is 8.49. The van der Waals surface area contributed by atoms with Crippen molar-refractivity contribution in [1.82, 2.24) is 4.90 Å². The number of carbonyl (C=O) groups is 2. The third-order valence-electron chi connectivity index (χ3n) is 4.21. The smallest absolute Gasteiger partial charge is 0.313 e. The Morgan fingerprint density at radius 1 is 1.22 bits per heavy atom. The molecule has 1 aliphatic heterocycles. The van der Waals surface area contributed by atoms with Gasteiger partial charge in [-0.1, -0.05) is 22.0 Å². The van der Waals surface area contributed by atoms with Crippen LogP contribution in [0.2, 0.25) is 0 Å². The molecule has 0 bridgehead atoms. The SMILES string of the molecule is CC1(C)CC(N)CC(C)(C)N1C(=O)C(=O)Nc1cccc(Br)c1. The topological polar surface area (TPSA) is 75.4 Å². The van der Waals surface area contributed by atoms with Crippen LogP contribution in [0.1, 0.15) is 40.5 Å². The summed E-state index contributed by atoms with van der Waals surface area (Å²) in [6.07, 6.45) is 1.35. The number of rotatable bonds is 1. The maximum atomic E-state index is 12.8. The highest BCUT2D eigenvalue weighted by atomic mass is 79.9. The van der Waals surface area contributed by atoms with E-state index in [1.165, 1.54) is 0 Å². The van der Waals surface area contributed by atoms with Crippen LogP contribution in [0.4, 0.5) is 5.69 Å². The fourth-order valence-corrected chi connectivity index (χ4v) is 4.16. The van der Waals surface area contributed by atoms with Crippen LogP contribution in [0.15, 0.2) is 28.7 Å².